The summed E-state index contributed by atoms with van der Waals surface area (Å²) < 4.78 is 6.27. The molecule has 0 aromatic heterocycles. The monoisotopic (exact) mass is 311 g/mol. The van der Waals surface area contributed by atoms with E-state index in [-0.39, 0.29) is 5.78 Å². The number of hydrogen-bond donors (Lipinski definition) is 1. The molecule has 1 saturated heterocycles. The van der Waals surface area contributed by atoms with Gasteiger partial charge in [-0.1, -0.05) is 0 Å². The lowest BCUT2D eigenvalue weighted by Crippen LogP contribution is -2.15. The SMILES string of the molecule is CNc1cc(C2CCOCC2)cc(Br)c1C(C)=O. The Hall–Kier alpha value is -0.870. The second-order valence-electron chi connectivity index (χ2n) is 4.62. The zero-order valence-electron chi connectivity index (χ0n) is 10.8. The van der Waals surface area contributed by atoms with Crippen molar-refractivity contribution in [2.75, 3.05) is 25.6 Å². The number of carbonyl (C=O) groups is 1. The normalized spacial score (nSPS) is 16.6. The predicted molar refractivity (Wildman–Crippen MR) is 76.5 cm³/mol. The summed E-state index contributed by atoms with van der Waals surface area (Å²) in [6.45, 7) is 3.24. The number of anilines is 1. The highest BCUT2D eigenvalue weighted by molar-refractivity contribution is 9.10. The van der Waals surface area contributed by atoms with Gasteiger partial charge in [-0.25, -0.2) is 0 Å². The third kappa shape index (κ3) is 2.75. The van der Waals surface area contributed by atoms with Gasteiger partial charge in [0.05, 0.1) is 5.56 Å². The first-order valence-corrected chi connectivity index (χ1v) is 7.02. The lowest BCUT2D eigenvalue weighted by Gasteiger charge is -2.24. The molecule has 0 aliphatic carbocycles. The van der Waals surface area contributed by atoms with Gasteiger partial charge in [0.25, 0.3) is 0 Å². The molecule has 0 atom stereocenters. The van der Waals surface area contributed by atoms with E-state index < -0.39 is 0 Å². The average Bonchev–Trinajstić information content (AvgIpc) is 2.38. The Morgan fingerprint density at radius 3 is 2.61 bits per heavy atom. The molecule has 1 aliphatic rings. The minimum Gasteiger partial charge on any atom is -0.387 e. The molecule has 1 fully saturated rings. The number of halogens is 1. The highest BCUT2D eigenvalue weighted by atomic mass is 79.9. The highest BCUT2D eigenvalue weighted by Crippen LogP contribution is 2.34. The fourth-order valence-electron chi connectivity index (χ4n) is 2.45. The average molecular weight is 312 g/mol. The zero-order valence-corrected chi connectivity index (χ0v) is 12.3. The third-order valence-corrected chi connectivity index (χ3v) is 4.05. The van der Waals surface area contributed by atoms with Crippen LogP contribution in [0.1, 0.15) is 41.6 Å². The summed E-state index contributed by atoms with van der Waals surface area (Å²) in [6.07, 6.45) is 2.10. The molecule has 4 heteroatoms. The van der Waals surface area contributed by atoms with Crippen LogP contribution in [0, 0.1) is 0 Å². The third-order valence-electron chi connectivity index (χ3n) is 3.43. The second kappa shape index (κ2) is 5.85. The topological polar surface area (TPSA) is 38.3 Å². The summed E-state index contributed by atoms with van der Waals surface area (Å²) >= 11 is 3.51. The van der Waals surface area contributed by atoms with Gasteiger partial charge >= 0.3 is 0 Å². The van der Waals surface area contributed by atoms with E-state index in [0.29, 0.717) is 5.92 Å². The summed E-state index contributed by atoms with van der Waals surface area (Å²) in [5, 5.41) is 3.12. The minimum atomic E-state index is 0.0738. The van der Waals surface area contributed by atoms with Gasteiger partial charge < -0.3 is 10.1 Å². The molecule has 0 unspecified atom stereocenters. The molecule has 1 N–H and O–H groups in total. The van der Waals surface area contributed by atoms with Gasteiger partial charge in [-0.2, -0.15) is 0 Å². The number of Topliss-reactive ketones (excluding diaryl/α,β-unsaturated/α-hetero) is 1. The smallest absolute Gasteiger partial charge is 0.163 e. The minimum absolute atomic E-state index is 0.0738. The summed E-state index contributed by atoms with van der Waals surface area (Å²) in [7, 11) is 1.85. The Kier molecular flexibility index (Phi) is 4.40. The van der Waals surface area contributed by atoms with E-state index in [1.807, 2.05) is 7.05 Å². The van der Waals surface area contributed by atoms with Crippen LogP contribution in [0.15, 0.2) is 16.6 Å². The molecular weight excluding hydrogens is 294 g/mol. The largest absolute Gasteiger partial charge is 0.387 e. The van der Waals surface area contributed by atoms with E-state index in [1.54, 1.807) is 6.92 Å². The van der Waals surface area contributed by atoms with Gasteiger partial charge in [-0.05, 0) is 59.3 Å². The molecule has 2 rings (SSSR count). The quantitative estimate of drug-likeness (QED) is 0.867. The summed E-state index contributed by atoms with van der Waals surface area (Å²) in [6, 6.07) is 4.17. The van der Waals surface area contributed by atoms with Crippen LogP contribution in [-0.4, -0.2) is 26.0 Å². The molecule has 0 amide bonds. The van der Waals surface area contributed by atoms with Crippen molar-refractivity contribution >= 4 is 27.4 Å². The van der Waals surface area contributed by atoms with Crippen molar-refractivity contribution in [3.63, 3.8) is 0 Å². The molecule has 1 aromatic carbocycles. The van der Waals surface area contributed by atoms with E-state index in [4.69, 9.17) is 4.74 Å². The molecule has 0 saturated carbocycles. The van der Waals surface area contributed by atoms with Crippen molar-refractivity contribution in [1.29, 1.82) is 0 Å². The second-order valence-corrected chi connectivity index (χ2v) is 5.47. The molecule has 0 bridgehead atoms. The molecule has 98 valence electrons. The van der Waals surface area contributed by atoms with Gasteiger partial charge in [0.15, 0.2) is 5.78 Å². The lowest BCUT2D eigenvalue weighted by molar-refractivity contribution is 0.0853. The molecule has 0 spiro atoms. The Balaban J connectivity index is 2.38. The highest BCUT2D eigenvalue weighted by Gasteiger charge is 2.19. The number of benzene rings is 1. The van der Waals surface area contributed by atoms with E-state index >= 15 is 0 Å². The van der Waals surface area contributed by atoms with Crippen molar-refractivity contribution < 1.29 is 9.53 Å². The van der Waals surface area contributed by atoms with Gasteiger partial charge in [0, 0.05) is 30.4 Å². The zero-order chi connectivity index (χ0) is 13.1. The van der Waals surface area contributed by atoms with Gasteiger partial charge in [0.2, 0.25) is 0 Å². The molecule has 18 heavy (non-hydrogen) atoms. The van der Waals surface area contributed by atoms with Crippen LogP contribution >= 0.6 is 15.9 Å². The van der Waals surface area contributed by atoms with Crippen LogP contribution in [0.25, 0.3) is 0 Å². The van der Waals surface area contributed by atoms with Crippen molar-refractivity contribution in [3.05, 3.63) is 27.7 Å². The standard InChI is InChI=1S/C14H18BrNO2/c1-9(17)14-12(15)7-11(8-13(14)16-2)10-3-5-18-6-4-10/h7-8,10,16H,3-6H2,1-2H3. The molecule has 1 aliphatic heterocycles. The fourth-order valence-corrected chi connectivity index (χ4v) is 3.21. The van der Waals surface area contributed by atoms with Crippen molar-refractivity contribution in [1.82, 2.24) is 0 Å². The maximum atomic E-state index is 11.6. The number of hydrogen-bond acceptors (Lipinski definition) is 3. The Labute approximate surface area is 116 Å². The Morgan fingerprint density at radius 1 is 1.39 bits per heavy atom. The van der Waals surface area contributed by atoms with Crippen LogP contribution in [0.2, 0.25) is 0 Å². The number of rotatable bonds is 3. The summed E-state index contributed by atoms with van der Waals surface area (Å²) in [4.78, 5) is 11.6. The maximum Gasteiger partial charge on any atom is 0.163 e. The summed E-state index contributed by atoms with van der Waals surface area (Å²) in [5.74, 6) is 0.605. The van der Waals surface area contributed by atoms with Gasteiger partial charge in [-0.15, -0.1) is 0 Å². The number of nitrogens with one attached hydrogen (secondary N) is 1. The Bertz CT molecular complexity index is 453. The van der Waals surface area contributed by atoms with Crippen LogP contribution in [0.3, 0.4) is 0 Å². The first kappa shape index (κ1) is 13.6. The van der Waals surface area contributed by atoms with Crippen molar-refractivity contribution in [2.24, 2.45) is 0 Å². The van der Waals surface area contributed by atoms with Crippen LogP contribution in [0.4, 0.5) is 5.69 Å². The molecule has 1 heterocycles. The maximum absolute atomic E-state index is 11.6. The van der Waals surface area contributed by atoms with E-state index in [0.717, 1.165) is 41.8 Å². The summed E-state index contributed by atoms with van der Waals surface area (Å²) in [5.41, 5.74) is 2.91. The van der Waals surface area contributed by atoms with Crippen molar-refractivity contribution in [2.45, 2.75) is 25.7 Å². The van der Waals surface area contributed by atoms with Crippen molar-refractivity contribution in [3.8, 4) is 0 Å². The molecule has 0 radical (unpaired) electrons. The van der Waals surface area contributed by atoms with Crippen LogP contribution < -0.4 is 5.32 Å². The number of carbonyl (C=O) groups excluding carboxylic acids is 1. The first-order valence-electron chi connectivity index (χ1n) is 6.23. The first-order chi connectivity index (χ1) is 8.63. The van der Waals surface area contributed by atoms with E-state index in [2.05, 4.69) is 33.4 Å². The van der Waals surface area contributed by atoms with Gasteiger partial charge in [0.1, 0.15) is 0 Å². The van der Waals surface area contributed by atoms with Crippen LogP contribution in [-0.2, 0) is 4.74 Å². The van der Waals surface area contributed by atoms with E-state index in [9.17, 15) is 4.79 Å². The molecule has 1 aromatic rings. The van der Waals surface area contributed by atoms with Gasteiger partial charge in [-0.3, -0.25) is 4.79 Å². The predicted octanol–water partition coefficient (Wildman–Crippen LogP) is 3.59. The van der Waals surface area contributed by atoms with E-state index in [1.165, 1.54) is 5.56 Å². The fraction of sp³-hybridized carbons (Fsp3) is 0.500. The number of ketones is 1. The Morgan fingerprint density at radius 2 is 2.06 bits per heavy atom. The lowest BCUT2D eigenvalue weighted by atomic mass is 9.90. The molecule has 3 nitrogen and oxygen atoms in total. The number of ether oxygens (including phenoxy) is 1. The molecular formula is C14H18BrNO2. The van der Waals surface area contributed by atoms with Crippen LogP contribution in [0.5, 0.6) is 0 Å².